The Kier molecular flexibility index (Phi) is 4.58. The topological polar surface area (TPSA) is 78.1 Å². The van der Waals surface area contributed by atoms with Crippen molar-refractivity contribution in [1.29, 1.82) is 0 Å². The van der Waals surface area contributed by atoms with Crippen molar-refractivity contribution in [2.24, 2.45) is 0 Å². The van der Waals surface area contributed by atoms with Crippen molar-refractivity contribution >= 4 is 22.7 Å². The average Bonchev–Trinajstić information content (AvgIpc) is 3.17. The molecule has 7 heteroatoms. The minimum absolute atomic E-state index is 0.00505. The van der Waals surface area contributed by atoms with Crippen LogP contribution in [0.25, 0.3) is 10.9 Å². The number of para-hydroxylation sites is 1. The van der Waals surface area contributed by atoms with Crippen LogP contribution in [0.3, 0.4) is 0 Å². The molecule has 1 aliphatic rings. The van der Waals surface area contributed by atoms with Gasteiger partial charge in [-0.2, -0.15) is 5.10 Å². The lowest BCUT2D eigenvalue weighted by molar-refractivity contribution is 0.0700. The van der Waals surface area contributed by atoms with Crippen molar-refractivity contribution in [1.82, 2.24) is 20.4 Å². The van der Waals surface area contributed by atoms with Gasteiger partial charge in [-0.1, -0.05) is 12.1 Å². The smallest absolute Gasteiger partial charge is 0.256 e. The first kappa shape index (κ1) is 17.2. The van der Waals surface area contributed by atoms with Crippen LogP contribution in [0.5, 0.6) is 0 Å². The number of aromatic amines is 1. The first-order valence-corrected chi connectivity index (χ1v) is 8.89. The predicted molar refractivity (Wildman–Crippen MR) is 98.9 cm³/mol. The molecule has 6 nitrogen and oxygen atoms in total. The molecule has 1 saturated heterocycles. The van der Waals surface area contributed by atoms with E-state index < -0.39 is 0 Å². The van der Waals surface area contributed by atoms with Gasteiger partial charge in [0, 0.05) is 30.1 Å². The van der Waals surface area contributed by atoms with Gasteiger partial charge in [0.1, 0.15) is 5.82 Å². The molecule has 2 aromatic carbocycles. The number of nitrogens with zero attached hydrogens (tertiary/aromatic N) is 2. The summed E-state index contributed by atoms with van der Waals surface area (Å²) in [4.78, 5) is 26.9. The number of carbonyl (C=O) groups excluding carboxylic acids is 2. The predicted octanol–water partition coefficient (Wildman–Crippen LogP) is 2.74. The highest BCUT2D eigenvalue weighted by Crippen LogP contribution is 2.20. The van der Waals surface area contributed by atoms with E-state index in [9.17, 15) is 14.0 Å². The summed E-state index contributed by atoms with van der Waals surface area (Å²) in [6.45, 7) is 1.13. The summed E-state index contributed by atoms with van der Waals surface area (Å²) >= 11 is 0. The normalized spacial score (nSPS) is 15.1. The highest BCUT2D eigenvalue weighted by Gasteiger charge is 2.26. The Morgan fingerprint density at radius 3 is 2.59 bits per heavy atom. The van der Waals surface area contributed by atoms with Crippen LogP contribution in [0, 0.1) is 5.82 Å². The molecular weight excluding hydrogens is 347 g/mol. The van der Waals surface area contributed by atoms with E-state index in [1.165, 1.54) is 24.3 Å². The molecule has 3 aromatic rings. The van der Waals surface area contributed by atoms with Crippen LogP contribution < -0.4 is 5.32 Å². The summed E-state index contributed by atoms with van der Waals surface area (Å²) in [6.07, 6.45) is 3.05. The molecule has 0 atom stereocenters. The zero-order chi connectivity index (χ0) is 18.8. The molecule has 1 fully saturated rings. The summed E-state index contributed by atoms with van der Waals surface area (Å²) in [7, 11) is 0. The average molecular weight is 366 g/mol. The van der Waals surface area contributed by atoms with Crippen LogP contribution in [-0.4, -0.2) is 46.0 Å². The van der Waals surface area contributed by atoms with Gasteiger partial charge in [0.15, 0.2) is 0 Å². The van der Waals surface area contributed by atoms with Crippen molar-refractivity contribution in [3.05, 3.63) is 65.6 Å². The van der Waals surface area contributed by atoms with Gasteiger partial charge in [0.2, 0.25) is 0 Å². The van der Waals surface area contributed by atoms with E-state index in [4.69, 9.17) is 0 Å². The standard InChI is InChI=1S/C20H19FN4O2/c21-15-6-4-13(5-7-15)19(26)23-16-8-10-25(11-9-16)20(27)17-3-1-2-14-12-22-24-18(14)17/h1-7,12,16H,8-11H2,(H,22,24)(H,23,26). The van der Waals surface area contributed by atoms with Gasteiger partial charge in [-0.25, -0.2) is 4.39 Å². The Labute approximate surface area is 155 Å². The Bertz CT molecular complexity index is 975. The fourth-order valence-electron chi connectivity index (χ4n) is 3.41. The van der Waals surface area contributed by atoms with E-state index in [-0.39, 0.29) is 23.7 Å². The number of piperidine rings is 1. The summed E-state index contributed by atoms with van der Waals surface area (Å²) in [6, 6.07) is 11.0. The molecule has 0 saturated carbocycles. The summed E-state index contributed by atoms with van der Waals surface area (Å²) in [5.41, 5.74) is 1.79. The van der Waals surface area contributed by atoms with E-state index in [1.54, 1.807) is 17.2 Å². The van der Waals surface area contributed by atoms with Crippen LogP contribution in [0.4, 0.5) is 4.39 Å². The minimum atomic E-state index is -0.370. The van der Waals surface area contributed by atoms with Crippen LogP contribution in [-0.2, 0) is 0 Å². The second kappa shape index (κ2) is 7.19. The third-order valence-corrected chi connectivity index (χ3v) is 4.93. The van der Waals surface area contributed by atoms with Crippen LogP contribution in [0.2, 0.25) is 0 Å². The third kappa shape index (κ3) is 3.53. The lowest BCUT2D eigenvalue weighted by Gasteiger charge is -2.32. The molecule has 2 amide bonds. The second-order valence-electron chi connectivity index (χ2n) is 6.69. The van der Waals surface area contributed by atoms with Crippen molar-refractivity contribution in [3.63, 3.8) is 0 Å². The Morgan fingerprint density at radius 2 is 1.85 bits per heavy atom. The van der Waals surface area contributed by atoms with Gasteiger partial charge in [-0.3, -0.25) is 14.7 Å². The van der Waals surface area contributed by atoms with Gasteiger partial charge < -0.3 is 10.2 Å². The van der Waals surface area contributed by atoms with Gasteiger partial charge >= 0.3 is 0 Å². The first-order chi connectivity index (χ1) is 13.1. The zero-order valence-electron chi connectivity index (χ0n) is 14.6. The van der Waals surface area contributed by atoms with Crippen LogP contribution in [0.1, 0.15) is 33.6 Å². The Morgan fingerprint density at radius 1 is 1.11 bits per heavy atom. The molecule has 2 N–H and O–H groups in total. The quantitative estimate of drug-likeness (QED) is 0.748. The van der Waals surface area contributed by atoms with Crippen molar-refractivity contribution in [3.8, 4) is 0 Å². The van der Waals surface area contributed by atoms with E-state index in [2.05, 4.69) is 15.5 Å². The van der Waals surface area contributed by atoms with Gasteiger partial charge in [0.05, 0.1) is 17.3 Å². The lowest BCUT2D eigenvalue weighted by Crippen LogP contribution is -2.46. The van der Waals surface area contributed by atoms with Gasteiger partial charge in [0.25, 0.3) is 11.8 Å². The van der Waals surface area contributed by atoms with E-state index in [1.807, 2.05) is 12.1 Å². The van der Waals surface area contributed by atoms with Gasteiger partial charge in [-0.05, 0) is 43.2 Å². The fourth-order valence-corrected chi connectivity index (χ4v) is 3.41. The highest BCUT2D eigenvalue weighted by atomic mass is 19.1. The maximum atomic E-state index is 13.0. The molecule has 27 heavy (non-hydrogen) atoms. The number of likely N-dealkylation sites (tertiary alicyclic amines) is 1. The summed E-state index contributed by atoms with van der Waals surface area (Å²) in [5, 5.41) is 10.8. The third-order valence-electron chi connectivity index (χ3n) is 4.93. The van der Waals surface area contributed by atoms with Crippen molar-refractivity contribution in [2.45, 2.75) is 18.9 Å². The first-order valence-electron chi connectivity index (χ1n) is 8.89. The summed E-state index contributed by atoms with van der Waals surface area (Å²) in [5.74, 6) is -0.624. The number of benzene rings is 2. The maximum Gasteiger partial charge on any atom is 0.256 e. The largest absolute Gasteiger partial charge is 0.349 e. The van der Waals surface area contributed by atoms with Crippen molar-refractivity contribution in [2.75, 3.05) is 13.1 Å². The number of rotatable bonds is 3. The monoisotopic (exact) mass is 366 g/mol. The SMILES string of the molecule is O=C(NC1CCN(C(=O)c2cccc3cn[nH]c23)CC1)c1ccc(F)cc1. The van der Waals surface area contributed by atoms with E-state index in [0.29, 0.717) is 37.1 Å². The van der Waals surface area contributed by atoms with Crippen LogP contribution in [0.15, 0.2) is 48.7 Å². The Balaban J connectivity index is 1.37. The molecule has 0 aliphatic carbocycles. The molecule has 4 rings (SSSR count). The Hall–Kier alpha value is -3.22. The molecule has 1 aromatic heterocycles. The van der Waals surface area contributed by atoms with Gasteiger partial charge in [-0.15, -0.1) is 0 Å². The lowest BCUT2D eigenvalue weighted by atomic mass is 10.0. The molecular formula is C20H19FN4O2. The molecule has 2 heterocycles. The highest BCUT2D eigenvalue weighted by molar-refractivity contribution is 6.05. The van der Waals surface area contributed by atoms with Crippen LogP contribution >= 0.6 is 0 Å². The number of nitrogens with one attached hydrogen (secondary N) is 2. The fraction of sp³-hybridized carbons (Fsp3) is 0.250. The number of aromatic nitrogens is 2. The number of H-pyrrole nitrogens is 1. The number of hydrogen-bond acceptors (Lipinski definition) is 3. The van der Waals surface area contributed by atoms with E-state index in [0.717, 1.165) is 10.9 Å². The van der Waals surface area contributed by atoms with Crippen molar-refractivity contribution < 1.29 is 14.0 Å². The zero-order valence-corrected chi connectivity index (χ0v) is 14.6. The van der Waals surface area contributed by atoms with E-state index >= 15 is 0 Å². The number of hydrogen-bond donors (Lipinski definition) is 2. The number of fused-ring (bicyclic) bond motifs is 1. The molecule has 138 valence electrons. The molecule has 0 bridgehead atoms. The number of halogens is 1. The maximum absolute atomic E-state index is 13.0. The number of amides is 2. The minimum Gasteiger partial charge on any atom is -0.349 e. The summed E-state index contributed by atoms with van der Waals surface area (Å²) < 4.78 is 13.0. The molecule has 1 aliphatic heterocycles. The molecule has 0 spiro atoms. The molecule has 0 radical (unpaired) electrons. The number of carbonyl (C=O) groups is 2. The molecule has 0 unspecified atom stereocenters. The second-order valence-corrected chi connectivity index (χ2v) is 6.69.